The number of nitrogens with one attached hydrogen (secondary N) is 1. The van der Waals surface area contributed by atoms with Gasteiger partial charge in [0.05, 0.1) is 6.61 Å². The van der Waals surface area contributed by atoms with E-state index < -0.39 is 0 Å². The number of rotatable bonds is 5. The molecule has 0 saturated carbocycles. The van der Waals surface area contributed by atoms with E-state index in [1.54, 1.807) is 0 Å². The maximum absolute atomic E-state index is 11.9. The Hall–Kier alpha value is -1.79. The van der Waals surface area contributed by atoms with Crippen LogP contribution in [0.25, 0.3) is 0 Å². The molecule has 0 radical (unpaired) electrons. The molecule has 0 spiro atoms. The molecule has 2 N–H and O–H groups in total. The van der Waals surface area contributed by atoms with E-state index in [0.29, 0.717) is 6.42 Å². The predicted octanol–water partition coefficient (Wildman–Crippen LogP) is 2.80. The minimum Gasteiger partial charge on any atom is -0.395 e. The van der Waals surface area contributed by atoms with Crippen molar-refractivity contribution >= 4 is 11.6 Å². The van der Waals surface area contributed by atoms with Gasteiger partial charge in [-0.25, -0.2) is 0 Å². The van der Waals surface area contributed by atoms with Crippen LogP contribution in [0, 0.1) is 17.8 Å². The number of anilines is 1. The molecular formula is C16H21NO2. The van der Waals surface area contributed by atoms with E-state index in [2.05, 4.69) is 24.1 Å². The molecule has 0 aliphatic carbocycles. The normalized spacial score (nSPS) is 11.3. The summed E-state index contributed by atoms with van der Waals surface area (Å²) in [5.74, 6) is 5.88. The molecule has 1 aromatic carbocycles. The van der Waals surface area contributed by atoms with Crippen LogP contribution < -0.4 is 5.32 Å². The van der Waals surface area contributed by atoms with Crippen molar-refractivity contribution in [2.75, 3.05) is 11.9 Å². The summed E-state index contributed by atoms with van der Waals surface area (Å²) in [6, 6.07) is 7.45. The predicted molar refractivity (Wildman–Crippen MR) is 77.7 cm³/mol. The highest BCUT2D eigenvalue weighted by molar-refractivity contribution is 5.92. The first-order chi connectivity index (χ1) is 9.17. The van der Waals surface area contributed by atoms with Crippen molar-refractivity contribution in [3.05, 3.63) is 29.8 Å². The van der Waals surface area contributed by atoms with Crippen molar-refractivity contribution < 1.29 is 9.90 Å². The fourth-order valence-corrected chi connectivity index (χ4v) is 1.72. The molecule has 0 aliphatic rings. The zero-order chi connectivity index (χ0) is 14.1. The van der Waals surface area contributed by atoms with Crippen molar-refractivity contribution in [1.82, 2.24) is 0 Å². The SMILES string of the molecule is CCCC(C)C(=O)Nc1cccc(C#CCCO)c1. The average molecular weight is 259 g/mol. The fourth-order valence-electron chi connectivity index (χ4n) is 1.72. The summed E-state index contributed by atoms with van der Waals surface area (Å²) >= 11 is 0. The number of hydrogen-bond acceptors (Lipinski definition) is 2. The quantitative estimate of drug-likeness (QED) is 0.799. The van der Waals surface area contributed by atoms with Crippen LogP contribution in [0.4, 0.5) is 5.69 Å². The molecule has 102 valence electrons. The summed E-state index contributed by atoms with van der Waals surface area (Å²) in [7, 11) is 0. The standard InChI is InChI=1S/C16H21NO2/c1-3-7-13(2)16(19)17-15-10-6-9-14(12-15)8-4-5-11-18/h6,9-10,12-13,18H,3,5,7,11H2,1-2H3,(H,17,19). The highest BCUT2D eigenvalue weighted by atomic mass is 16.2. The van der Waals surface area contributed by atoms with Crippen molar-refractivity contribution in [2.24, 2.45) is 5.92 Å². The lowest BCUT2D eigenvalue weighted by molar-refractivity contribution is -0.119. The van der Waals surface area contributed by atoms with E-state index in [-0.39, 0.29) is 18.4 Å². The molecule has 0 bridgehead atoms. The van der Waals surface area contributed by atoms with Crippen molar-refractivity contribution in [3.8, 4) is 11.8 Å². The van der Waals surface area contributed by atoms with Crippen LogP contribution in [0.5, 0.6) is 0 Å². The lowest BCUT2D eigenvalue weighted by Crippen LogP contribution is -2.20. The van der Waals surface area contributed by atoms with Crippen LogP contribution in [0.15, 0.2) is 24.3 Å². The lowest BCUT2D eigenvalue weighted by atomic mass is 10.1. The van der Waals surface area contributed by atoms with E-state index in [9.17, 15) is 4.79 Å². The summed E-state index contributed by atoms with van der Waals surface area (Å²) < 4.78 is 0. The van der Waals surface area contributed by atoms with Gasteiger partial charge in [-0.3, -0.25) is 4.79 Å². The summed E-state index contributed by atoms with van der Waals surface area (Å²) in [6.07, 6.45) is 2.35. The third-order valence-corrected chi connectivity index (χ3v) is 2.77. The van der Waals surface area contributed by atoms with Crippen molar-refractivity contribution in [1.29, 1.82) is 0 Å². The Morgan fingerprint density at radius 3 is 2.95 bits per heavy atom. The number of aliphatic hydroxyl groups is 1. The number of amides is 1. The molecule has 3 heteroatoms. The lowest BCUT2D eigenvalue weighted by Gasteiger charge is -2.11. The maximum Gasteiger partial charge on any atom is 0.227 e. The molecule has 1 amide bonds. The molecule has 3 nitrogen and oxygen atoms in total. The second-order valence-corrected chi connectivity index (χ2v) is 4.54. The summed E-state index contributed by atoms with van der Waals surface area (Å²) in [5.41, 5.74) is 1.61. The Bertz CT molecular complexity index is 471. The molecule has 1 rings (SSSR count). The number of carbonyl (C=O) groups is 1. The second kappa shape index (κ2) is 8.34. The van der Waals surface area contributed by atoms with Gasteiger partial charge in [0.15, 0.2) is 0 Å². The Kier molecular flexibility index (Phi) is 6.70. The first-order valence-corrected chi connectivity index (χ1v) is 6.68. The highest BCUT2D eigenvalue weighted by Gasteiger charge is 2.11. The smallest absolute Gasteiger partial charge is 0.227 e. The van der Waals surface area contributed by atoms with Gasteiger partial charge in [-0.1, -0.05) is 38.2 Å². The molecular weight excluding hydrogens is 238 g/mol. The molecule has 0 saturated heterocycles. The molecule has 0 aromatic heterocycles. The van der Waals surface area contributed by atoms with Crippen LogP contribution >= 0.6 is 0 Å². The van der Waals surface area contributed by atoms with Gasteiger partial charge in [0.2, 0.25) is 5.91 Å². The Morgan fingerprint density at radius 1 is 1.47 bits per heavy atom. The number of hydrogen-bond donors (Lipinski definition) is 2. The van der Waals surface area contributed by atoms with E-state index in [0.717, 1.165) is 24.1 Å². The molecule has 1 aromatic rings. The van der Waals surface area contributed by atoms with Crippen LogP contribution in [-0.4, -0.2) is 17.6 Å². The minimum absolute atomic E-state index is 0.0223. The van der Waals surface area contributed by atoms with E-state index >= 15 is 0 Å². The first kappa shape index (κ1) is 15.3. The van der Waals surface area contributed by atoms with Gasteiger partial charge in [-0.15, -0.1) is 0 Å². The first-order valence-electron chi connectivity index (χ1n) is 6.68. The van der Waals surface area contributed by atoms with Gasteiger partial charge in [0.25, 0.3) is 0 Å². The Balaban J connectivity index is 2.67. The molecule has 1 unspecified atom stereocenters. The number of aliphatic hydroxyl groups excluding tert-OH is 1. The van der Waals surface area contributed by atoms with Gasteiger partial charge in [0.1, 0.15) is 0 Å². The Morgan fingerprint density at radius 2 is 2.26 bits per heavy atom. The van der Waals surface area contributed by atoms with Crippen LogP contribution in [0.2, 0.25) is 0 Å². The zero-order valence-electron chi connectivity index (χ0n) is 11.6. The number of carbonyl (C=O) groups excluding carboxylic acids is 1. The molecule has 0 aliphatic heterocycles. The number of benzene rings is 1. The molecule has 0 fully saturated rings. The fraction of sp³-hybridized carbons (Fsp3) is 0.438. The van der Waals surface area contributed by atoms with Crippen LogP contribution in [0.3, 0.4) is 0 Å². The van der Waals surface area contributed by atoms with Crippen LogP contribution in [-0.2, 0) is 4.79 Å². The Labute approximate surface area is 115 Å². The molecule has 0 heterocycles. The van der Waals surface area contributed by atoms with Gasteiger partial charge in [-0.05, 0) is 24.6 Å². The minimum atomic E-state index is 0.0223. The van der Waals surface area contributed by atoms with E-state index in [4.69, 9.17) is 5.11 Å². The van der Waals surface area contributed by atoms with Gasteiger partial charge in [-0.2, -0.15) is 0 Å². The topological polar surface area (TPSA) is 49.3 Å². The van der Waals surface area contributed by atoms with Gasteiger partial charge < -0.3 is 10.4 Å². The zero-order valence-corrected chi connectivity index (χ0v) is 11.6. The maximum atomic E-state index is 11.9. The average Bonchev–Trinajstić information content (AvgIpc) is 2.40. The van der Waals surface area contributed by atoms with E-state index in [1.165, 1.54) is 0 Å². The molecule has 1 atom stereocenters. The molecule has 19 heavy (non-hydrogen) atoms. The second-order valence-electron chi connectivity index (χ2n) is 4.54. The summed E-state index contributed by atoms with van der Waals surface area (Å²) in [5, 5.41) is 11.6. The highest BCUT2D eigenvalue weighted by Crippen LogP contribution is 2.13. The monoisotopic (exact) mass is 259 g/mol. The van der Waals surface area contributed by atoms with Crippen LogP contribution in [0.1, 0.15) is 38.7 Å². The third kappa shape index (κ3) is 5.58. The third-order valence-electron chi connectivity index (χ3n) is 2.77. The van der Waals surface area contributed by atoms with E-state index in [1.807, 2.05) is 31.2 Å². The summed E-state index contributed by atoms with van der Waals surface area (Å²) in [4.78, 5) is 11.9. The van der Waals surface area contributed by atoms with Gasteiger partial charge in [0, 0.05) is 23.6 Å². The van der Waals surface area contributed by atoms with Crippen molar-refractivity contribution in [3.63, 3.8) is 0 Å². The largest absolute Gasteiger partial charge is 0.395 e. The van der Waals surface area contributed by atoms with Gasteiger partial charge >= 0.3 is 0 Å². The summed E-state index contributed by atoms with van der Waals surface area (Å²) in [6.45, 7) is 4.07. The van der Waals surface area contributed by atoms with Crippen molar-refractivity contribution in [2.45, 2.75) is 33.1 Å².